The number of nitrogens with zero attached hydrogens (tertiary/aromatic N) is 3. The molecule has 0 saturated carbocycles. The van der Waals surface area contributed by atoms with Gasteiger partial charge in [-0.3, -0.25) is 4.79 Å². The fourth-order valence-corrected chi connectivity index (χ4v) is 5.04. The Balaban J connectivity index is 1.43. The minimum Gasteiger partial charge on any atom is -0.496 e. The molecule has 168 valence electrons. The van der Waals surface area contributed by atoms with Crippen molar-refractivity contribution in [1.29, 1.82) is 0 Å². The maximum atomic E-state index is 12.3. The second-order valence-corrected chi connectivity index (χ2v) is 9.61. The summed E-state index contributed by atoms with van der Waals surface area (Å²) in [5.41, 5.74) is 3.01. The van der Waals surface area contributed by atoms with Gasteiger partial charge in [-0.05, 0) is 43.3 Å². The van der Waals surface area contributed by atoms with E-state index in [-0.39, 0.29) is 11.7 Å². The Bertz CT molecular complexity index is 1300. The van der Waals surface area contributed by atoms with Gasteiger partial charge in [-0.1, -0.05) is 53.2 Å². The van der Waals surface area contributed by atoms with Gasteiger partial charge < -0.3 is 10.1 Å². The molecule has 0 saturated heterocycles. The fraction of sp³-hybridized carbons (Fsp3) is 0.130. The van der Waals surface area contributed by atoms with Crippen LogP contribution < -0.4 is 10.1 Å². The number of hydrogen-bond acceptors (Lipinski definition) is 7. The number of nitrogens with one attached hydrogen (secondary N) is 1. The summed E-state index contributed by atoms with van der Waals surface area (Å²) in [5.74, 6) is 0.719. The van der Waals surface area contributed by atoms with Crippen LogP contribution in [0.2, 0.25) is 10.0 Å². The van der Waals surface area contributed by atoms with E-state index in [1.54, 1.807) is 25.3 Å². The molecule has 10 heteroatoms. The van der Waals surface area contributed by atoms with Gasteiger partial charge >= 0.3 is 0 Å². The molecule has 4 rings (SSSR count). The van der Waals surface area contributed by atoms with Crippen LogP contribution in [0, 0.1) is 6.92 Å². The number of para-hydroxylation sites is 1. The summed E-state index contributed by atoms with van der Waals surface area (Å²) >= 11 is 14.9. The highest BCUT2D eigenvalue weighted by molar-refractivity contribution is 7.99. The number of amides is 1. The van der Waals surface area contributed by atoms with E-state index >= 15 is 0 Å². The highest BCUT2D eigenvalue weighted by atomic mass is 35.5. The van der Waals surface area contributed by atoms with Crippen molar-refractivity contribution in [3.63, 3.8) is 0 Å². The number of thioether (sulfide) groups is 1. The molecule has 33 heavy (non-hydrogen) atoms. The topological polar surface area (TPSA) is 77.0 Å². The predicted octanol–water partition coefficient (Wildman–Crippen LogP) is 6.62. The van der Waals surface area contributed by atoms with Crippen LogP contribution in [0.4, 0.5) is 5.69 Å². The molecular weight excluding hydrogens is 499 g/mol. The summed E-state index contributed by atoms with van der Waals surface area (Å²) in [6, 6.07) is 16.6. The zero-order valence-corrected chi connectivity index (χ0v) is 20.8. The Morgan fingerprint density at radius 3 is 2.67 bits per heavy atom. The van der Waals surface area contributed by atoms with Gasteiger partial charge in [0.25, 0.3) is 0 Å². The lowest BCUT2D eigenvalue weighted by Crippen LogP contribution is -2.14. The van der Waals surface area contributed by atoms with E-state index in [2.05, 4.69) is 15.5 Å². The molecule has 2 aromatic heterocycles. The lowest BCUT2D eigenvalue weighted by molar-refractivity contribution is -0.113. The quantitative estimate of drug-likeness (QED) is 0.278. The predicted molar refractivity (Wildman–Crippen MR) is 136 cm³/mol. The van der Waals surface area contributed by atoms with Gasteiger partial charge in [-0.15, -0.1) is 21.5 Å². The van der Waals surface area contributed by atoms with E-state index in [1.807, 2.05) is 43.3 Å². The Morgan fingerprint density at radius 2 is 1.91 bits per heavy atom. The Morgan fingerprint density at radius 1 is 1.09 bits per heavy atom. The smallest absolute Gasteiger partial charge is 0.234 e. The van der Waals surface area contributed by atoms with E-state index < -0.39 is 0 Å². The average molecular weight is 517 g/mol. The Kier molecular flexibility index (Phi) is 7.49. The summed E-state index contributed by atoms with van der Waals surface area (Å²) in [7, 11) is 1.64. The number of aromatic nitrogens is 3. The maximum Gasteiger partial charge on any atom is 0.234 e. The van der Waals surface area contributed by atoms with E-state index in [1.165, 1.54) is 23.1 Å². The SMILES string of the molecule is COc1ccccc1-c1nc(C)c(-c2ccc(SCC(=O)Nc3cccc(Cl)c3Cl)nn2)s1. The van der Waals surface area contributed by atoms with Crippen LogP contribution >= 0.6 is 46.3 Å². The molecule has 2 heterocycles. The normalized spacial score (nSPS) is 10.8. The van der Waals surface area contributed by atoms with Crippen LogP contribution in [-0.2, 0) is 4.79 Å². The number of benzene rings is 2. The summed E-state index contributed by atoms with van der Waals surface area (Å²) in [6.07, 6.45) is 0. The molecule has 0 bridgehead atoms. The Hall–Kier alpha value is -2.65. The number of ether oxygens (including phenoxy) is 1. The first-order chi connectivity index (χ1) is 16.0. The number of rotatable bonds is 7. The third-order valence-electron chi connectivity index (χ3n) is 4.58. The summed E-state index contributed by atoms with van der Waals surface area (Å²) in [4.78, 5) is 17.9. The standard InChI is InChI=1S/C23H18Cl2N4O2S2/c1-13-22(33-23(26-13)14-6-3-4-9-18(14)31-2)17-10-11-20(29-28-17)32-12-19(30)27-16-8-5-7-15(24)21(16)25/h3-11H,12H2,1-2H3,(H,27,30). The fourth-order valence-electron chi connectivity index (χ4n) is 3.01. The van der Waals surface area contributed by atoms with Gasteiger partial charge in [0, 0.05) is 0 Å². The van der Waals surface area contributed by atoms with Crippen molar-refractivity contribution in [3.8, 4) is 26.9 Å². The molecule has 6 nitrogen and oxygen atoms in total. The molecule has 1 N–H and O–H groups in total. The van der Waals surface area contributed by atoms with Crippen LogP contribution in [-0.4, -0.2) is 34.0 Å². The first-order valence-electron chi connectivity index (χ1n) is 9.78. The minimum absolute atomic E-state index is 0.161. The van der Waals surface area contributed by atoms with Crippen molar-refractivity contribution in [1.82, 2.24) is 15.2 Å². The molecule has 0 aliphatic rings. The number of methoxy groups -OCH3 is 1. The van der Waals surface area contributed by atoms with E-state index in [0.717, 1.165) is 32.6 Å². The van der Waals surface area contributed by atoms with Crippen molar-refractivity contribution >= 4 is 57.9 Å². The van der Waals surface area contributed by atoms with Gasteiger partial charge in [-0.25, -0.2) is 4.98 Å². The van der Waals surface area contributed by atoms with Crippen LogP contribution in [0.5, 0.6) is 5.75 Å². The van der Waals surface area contributed by atoms with E-state index in [4.69, 9.17) is 32.9 Å². The summed E-state index contributed by atoms with van der Waals surface area (Å²) in [6.45, 7) is 1.94. The molecular formula is C23H18Cl2N4O2S2. The Labute approximate surface area is 209 Å². The van der Waals surface area contributed by atoms with Crippen molar-refractivity contribution in [2.24, 2.45) is 0 Å². The molecule has 0 radical (unpaired) electrons. The summed E-state index contributed by atoms with van der Waals surface area (Å²) in [5, 5.41) is 13.6. The van der Waals surface area contributed by atoms with Gasteiger partial charge in [0.1, 0.15) is 21.5 Å². The highest BCUT2D eigenvalue weighted by Crippen LogP contribution is 2.38. The van der Waals surface area contributed by atoms with Crippen LogP contribution in [0.1, 0.15) is 5.69 Å². The first kappa shape index (κ1) is 23.5. The number of carbonyl (C=O) groups excluding carboxylic acids is 1. The van der Waals surface area contributed by atoms with Crippen molar-refractivity contribution in [3.05, 3.63) is 70.3 Å². The second-order valence-electron chi connectivity index (χ2n) is 6.83. The van der Waals surface area contributed by atoms with Crippen molar-refractivity contribution in [2.75, 3.05) is 18.2 Å². The van der Waals surface area contributed by atoms with Crippen molar-refractivity contribution < 1.29 is 9.53 Å². The summed E-state index contributed by atoms with van der Waals surface area (Å²) < 4.78 is 5.46. The largest absolute Gasteiger partial charge is 0.496 e. The van der Waals surface area contributed by atoms with Gasteiger partial charge in [-0.2, -0.15) is 0 Å². The molecule has 4 aromatic rings. The van der Waals surface area contributed by atoms with Crippen LogP contribution in [0.25, 0.3) is 21.1 Å². The number of carbonyl (C=O) groups is 1. The highest BCUT2D eigenvalue weighted by Gasteiger charge is 2.16. The lowest BCUT2D eigenvalue weighted by Gasteiger charge is -2.07. The number of halogens is 2. The molecule has 2 aromatic carbocycles. The molecule has 0 spiro atoms. The zero-order valence-electron chi connectivity index (χ0n) is 17.6. The van der Waals surface area contributed by atoms with E-state index in [0.29, 0.717) is 20.8 Å². The molecule has 0 aliphatic heterocycles. The van der Waals surface area contributed by atoms with Gasteiger partial charge in [0.2, 0.25) is 5.91 Å². The zero-order chi connectivity index (χ0) is 23.4. The van der Waals surface area contributed by atoms with Crippen LogP contribution in [0.3, 0.4) is 0 Å². The molecule has 0 fully saturated rings. The van der Waals surface area contributed by atoms with Crippen molar-refractivity contribution in [2.45, 2.75) is 11.9 Å². The number of hydrogen-bond donors (Lipinski definition) is 1. The van der Waals surface area contributed by atoms with Crippen LogP contribution in [0.15, 0.2) is 59.6 Å². The molecule has 0 unspecified atom stereocenters. The lowest BCUT2D eigenvalue weighted by atomic mass is 10.2. The van der Waals surface area contributed by atoms with E-state index in [9.17, 15) is 4.79 Å². The third kappa shape index (κ3) is 5.47. The van der Waals surface area contributed by atoms with Gasteiger partial charge in [0.15, 0.2) is 0 Å². The first-order valence-corrected chi connectivity index (χ1v) is 12.3. The second kappa shape index (κ2) is 10.5. The molecule has 0 atom stereocenters. The average Bonchev–Trinajstić information content (AvgIpc) is 3.22. The number of anilines is 1. The number of thiazole rings is 1. The number of aryl methyl sites for hydroxylation is 1. The molecule has 0 aliphatic carbocycles. The third-order valence-corrected chi connectivity index (χ3v) is 7.54. The molecule has 1 amide bonds. The maximum absolute atomic E-state index is 12.3. The van der Waals surface area contributed by atoms with Gasteiger partial charge in [0.05, 0.1) is 44.7 Å². The minimum atomic E-state index is -0.213. The monoisotopic (exact) mass is 516 g/mol.